The lowest BCUT2D eigenvalue weighted by Crippen LogP contribution is -2.40. The number of thiophene rings is 1. The van der Waals surface area contributed by atoms with Crippen LogP contribution < -0.4 is 4.74 Å². The van der Waals surface area contributed by atoms with Crippen LogP contribution in [-0.2, 0) is 11.2 Å². The summed E-state index contributed by atoms with van der Waals surface area (Å²) in [7, 11) is 1.62. The molecule has 3 heterocycles. The summed E-state index contributed by atoms with van der Waals surface area (Å²) in [6, 6.07) is 8.15. The maximum absolute atomic E-state index is 13.0. The van der Waals surface area contributed by atoms with E-state index in [2.05, 4.69) is 33.9 Å². The molecule has 0 saturated carbocycles. The van der Waals surface area contributed by atoms with Crippen molar-refractivity contribution >= 4 is 29.0 Å². The van der Waals surface area contributed by atoms with E-state index in [1.54, 1.807) is 23.1 Å². The van der Waals surface area contributed by atoms with Gasteiger partial charge in [-0.15, -0.1) is 16.4 Å². The molecule has 152 valence electrons. The number of methoxy groups -OCH3 is 1. The fourth-order valence-electron chi connectivity index (χ4n) is 3.73. The van der Waals surface area contributed by atoms with Gasteiger partial charge in [0.25, 0.3) is 0 Å². The summed E-state index contributed by atoms with van der Waals surface area (Å²) in [6.45, 7) is 4.90. The lowest BCUT2D eigenvalue weighted by Gasteiger charge is -2.35. The molecule has 2 aromatic heterocycles. The largest absolute Gasteiger partial charge is 0.494 e. The lowest BCUT2D eigenvalue weighted by atomic mass is 9.98. The van der Waals surface area contributed by atoms with Gasteiger partial charge in [0.05, 0.1) is 18.9 Å². The van der Waals surface area contributed by atoms with Gasteiger partial charge < -0.3 is 9.64 Å². The minimum atomic E-state index is 0.115. The second-order valence-corrected chi connectivity index (χ2v) is 8.84. The van der Waals surface area contributed by atoms with Crippen molar-refractivity contribution in [2.75, 3.05) is 19.4 Å². The average Bonchev–Trinajstić information content (AvgIpc) is 3.40. The van der Waals surface area contributed by atoms with Crippen LogP contribution in [0.3, 0.4) is 0 Å². The van der Waals surface area contributed by atoms with E-state index in [1.165, 1.54) is 22.2 Å². The van der Waals surface area contributed by atoms with Crippen LogP contribution in [0, 0.1) is 6.92 Å². The van der Waals surface area contributed by atoms with Gasteiger partial charge in [0.15, 0.2) is 0 Å². The summed E-state index contributed by atoms with van der Waals surface area (Å²) in [5.74, 6) is 1.09. The fraction of sp³-hybridized carbons (Fsp3) is 0.400. The Morgan fingerprint density at radius 2 is 2.24 bits per heavy atom. The van der Waals surface area contributed by atoms with Crippen LogP contribution in [0.2, 0.25) is 0 Å². The molecule has 0 saturated heterocycles. The number of amides is 1. The molecule has 29 heavy (non-hydrogen) atoms. The molecule has 1 amide bonds. The minimum absolute atomic E-state index is 0.115. The van der Waals surface area contributed by atoms with E-state index >= 15 is 0 Å². The van der Waals surface area contributed by atoms with Crippen molar-refractivity contribution < 1.29 is 9.53 Å². The molecule has 0 radical (unpaired) electrons. The third kappa shape index (κ3) is 3.89. The van der Waals surface area contributed by atoms with Gasteiger partial charge >= 0.3 is 0 Å². The number of nitrogens with zero attached hydrogens (tertiary/aromatic N) is 5. The highest BCUT2D eigenvalue weighted by molar-refractivity contribution is 7.99. The highest BCUT2D eigenvalue weighted by atomic mass is 32.2. The second-order valence-electron chi connectivity index (χ2n) is 6.90. The van der Waals surface area contributed by atoms with Gasteiger partial charge in [-0.3, -0.25) is 4.79 Å². The summed E-state index contributed by atoms with van der Waals surface area (Å²) in [5, 5.41) is 14.7. The number of hydrogen-bond donors (Lipinski definition) is 0. The number of carbonyl (C=O) groups excluding carboxylic acids is 1. The Morgan fingerprint density at radius 1 is 1.38 bits per heavy atom. The van der Waals surface area contributed by atoms with Crippen LogP contribution in [0.1, 0.15) is 35.4 Å². The van der Waals surface area contributed by atoms with Crippen molar-refractivity contribution in [2.24, 2.45) is 0 Å². The lowest BCUT2D eigenvalue weighted by molar-refractivity contribution is -0.131. The number of thioether (sulfide) groups is 1. The molecule has 4 rings (SSSR count). The molecule has 0 spiro atoms. The van der Waals surface area contributed by atoms with Crippen molar-refractivity contribution in [3.8, 4) is 11.4 Å². The van der Waals surface area contributed by atoms with Gasteiger partial charge in [-0.1, -0.05) is 24.8 Å². The standard InChI is InChI=1S/C20H23N5O2S2/c1-4-15-14-8-10-28-18(14)7-9-24(15)19(26)12-29-20-21-22-23-25(20)16-11-13(2)5-6-17(16)27-3/h5-6,8,10-11,15H,4,7,9,12H2,1-3H3. The van der Waals surface area contributed by atoms with E-state index in [-0.39, 0.29) is 11.9 Å². The van der Waals surface area contributed by atoms with Crippen LogP contribution in [-0.4, -0.2) is 50.4 Å². The Labute approximate surface area is 178 Å². The van der Waals surface area contributed by atoms with E-state index in [4.69, 9.17) is 4.74 Å². The minimum Gasteiger partial charge on any atom is -0.494 e. The van der Waals surface area contributed by atoms with Crippen LogP contribution >= 0.6 is 23.1 Å². The first-order valence-corrected chi connectivity index (χ1v) is 11.4. The number of aryl methyl sites for hydroxylation is 1. The van der Waals surface area contributed by atoms with Gasteiger partial charge in [0, 0.05) is 11.4 Å². The zero-order valence-corrected chi connectivity index (χ0v) is 18.3. The van der Waals surface area contributed by atoms with Gasteiger partial charge in [-0.2, -0.15) is 4.68 Å². The molecule has 9 heteroatoms. The van der Waals surface area contributed by atoms with Gasteiger partial charge in [-0.05, 0) is 64.9 Å². The molecule has 1 unspecified atom stereocenters. The Bertz CT molecular complexity index is 1020. The molecule has 1 aliphatic rings. The highest BCUT2D eigenvalue weighted by Gasteiger charge is 2.30. The van der Waals surface area contributed by atoms with Gasteiger partial charge in [-0.25, -0.2) is 0 Å². The molecule has 7 nitrogen and oxygen atoms in total. The first-order valence-electron chi connectivity index (χ1n) is 9.54. The molecule has 1 atom stereocenters. The summed E-state index contributed by atoms with van der Waals surface area (Å²) < 4.78 is 7.09. The predicted molar refractivity (Wildman–Crippen MR) is 114 cm³/mol. The molecule has 1 aromatic carbocycles. The number of tetrazole rings is 1. The third-order valence-corrected chi connectivity index (χ3v) is 7.03. The predicted octanol–water partition coefficient (Wildman–Crippen LogP) is 3.67. The summed E-state index contributed by atoms with van der Waals surface area (Å²) >= 11 is 3.14. The van der Waals surface area contributed by atoms with Crippen LogP contribution in [0.4, 0.5) is 0 Å². The van der Waals surface area contributed by atoms with Crippen molar-refractivity contribution in [2.45, 2.75) is 37.9 Å². The first kappa shape index (κ1) is 19.9. The molecule has 0 bridgehead atoms. The Kier molecular flexibility index (Phi) is 5.86. The number of fused-ring (bicyclic) bond motifs is 1. The van der Waals surface area contributed by atoms with E-state index in [0.29, 0.717) is 16.7 Å². The number of hydrogen-bond acceptors (Lipinski definition) is 7. The zero-order chi connectivity index (χ0) is 20.4. The van der Waals surface area contributed by atoms with Crippen LogP contribution in [0.15, 0.2) is 34.8 Å². The smallest absolute Gasteiger partial charge is 0.233 e. The van der Waals surface area contributed by atoms with Crippen molar-refractivity contribution in [3.05, 3.63) is 45.6 Å². The third-order valence-electron chi connectivity index (χ3n) is 5.13. The molecule has 1 aliphatic heterocycles. The molecule has 0 aliphatic carbocycles. The number of rotatable bonds is 6. The summed E-state index contributed by atoms with van der Waals surface area (Å²) in [4.78, 5) is 16.4. The number of aromatic nitrogens is 4. The highest BCUT2D eigenvalue weighted by Crippen LogP contribution is 2.36. The number of benzene rings is 1. The first-order chi connectivity index (χ1) is 14.1. The van der Waals surface area contributed by atoms with Crippen LogP contribution in [0.25, 0.3) is 5.69 Å². The SMILES string of the molecule is CCC1c2ccsc2CCN1C(=O)CSc1nnnn1-c1cc(C)ccc1OC. The normalized spacial score (nSPS) is 16.0. The quantitative estimate of drug-likeness (QED) is 0.557. The topological polar surface area (TPSA) is 73.1 Å². The van der Waals surface area contributed by atoms with Crippen molar-refractivity contribution in [1.82, 2.24) is 25.1 Å². The maximum atomic E-state index is 13.0. The number of carbonyl (C=O) groups is 1. The zero-order valence-electron chi connectivity index (χ0n) is 16.7. The van der Waals surface area contributed by atoms with Gasteiger partial charge in [0.1, 0.15) is 11.4 Å². The molecular formula is C20H23N5O2S2. The van der Waals surface area contributed by atoms with E-state index in [9.17, 15) is 4.79 Å². The average molecular weight is 430 g/mol. The van der Waals surface area contributed by atoms with Crippen molar-refractivity contribution in [3.63, 3.8) is 0 Å². The van der Waals surface area contributed by atoms with E-state index < -0.39 is 0 Å². The molecule has 0 fully saturated rings. The second kappa shape index (κ2) is 8.54. The van der Waals surface area contributed by atoms with Gasteiger partial charge in [0.2, 0.25) is 11.1 Å². The molecule has 0 N–H and O–H groups in total. The summed E-state index contributed by atoms with van der Waals surface area (Å²) in [5.41, 5.74) is 3.14. The molecule has 3 aromatic rings. The Morgan fingerprint density at radius 3 is 3.03 bits per heavy atom. The maximum Gasteiger partial charge on any atom is 0.233 e. The van der Waals surface area contributed by atoms with E-state index in [0.717, 1.165) is 30.6 Å². The number of ether oxygens (including phenoxy) is 1. The van der Waals surface area contributed by atoms with Crippen LogP contribution in [0.5, 0.6) is 5.75 Å². The molecular weight excluding hydrogens is 406 g/mol. The van der Waals surface area contributed by atoms with E-state index in [1.807, 2.05) is 30.0 Å². The van der Waals surface area contributed by atoms with Crippen molar-refractivity contribution in [1.29, 1.82) is 0 Å². The fourth-order valence-corrected chi connectivity index (χ4v) is 5.43. The Balaban J connectivity index is 1.50. The summed E-state index contributed by atoms with van der Waals surface area (Å²) in [6.07, 6.45) is 1.84. The monoisotopic (exact) mass is 429 g/mol. The Hall–Kier alpha value is -2.39.